The third-order valence-electron chi connectivity index (χ3n) is 4.50. The maximum atomic E-state index is 12.9. The molecule has 3 aromatic rings. The first kappa shape index (κ1) is 12.4. The number of hydrogen-bond acceptors (Lipinski definition) is 2. The summed E-state index contributed by atoms with van der Waals surface area (Å²) in [7, 11) is 1.99. The molecule has 4 nitrogen and oxygen atoms in total. The number of ketones is 1. The van der Waals surface area contributed by atoms with Crippen molar-refractivity contribution in [3.8, 4) is 0 Å². The molecule has 1 aromatic carbocycles. The Morgan fingerprint density at radius 2 is 2.19 bits per heavy atom. The van der Waals surface area contributed by atoms with Gasteiger partial charge in [0.25, 0.3) is 0 Å². The van der Waals surface area contributed by atoms with Crippen molar-refractivity contribution in [2.75, 3.05) is 0 Å². The minimum absolute atomic E-state index is 0.0532. The van der Waals surface area contributed by atoms with Crippen LogP contribution in [0.2, 0.25) is 0 Å². The molecule has 106 valence electrons. The molecule has 4 heteroatoms. The van der Waals surface area contributed by atoms with Crippen LogP contribution in [0.5, 0.6) is 0 Å². The molecule has 1 aliphatic rings. The Balaban J connectivity index is 1.71. The van der Waals surface area contributed by atoms with E-state index in [0.29, 0.717) is 0 Å². The quantitative estimate of drug-likeness (QED) is 0.677. The lowest BCUT2D eigenvalue weighted by molar-refractivity contribution is 0.0892. The summed E-state index contributed by atoms with van der Waals surface area (Å²) >= 11 is 0. The van der Waals surface area contributed by atoms with E-state index in [1.54, 1.807) is 0 Å². The number of para-hydroxylation sites is 1. The second-order valence-corrected chi connectivity index (χ2v) is 5.81. The van der Waals surface area contributed by atoms with Gasteiger partial charge in [0.2, 0.25) is 0 Å². The Hall–Kier alpha value is -2.36. The van der Waals surface area contributed by atoms with Crippen LogP contribution >= 0.6 is 0 Å². The van der Waals surface area contributed by atoms with E-state index in [2.05, 4.69) is 15.6 Å². The summed E-state index contributed by atoms with van der Waals surface area (Å²) in [5, 5.41) is 1.06. The number of benzene rings is 1. The van der Waals surface area contributed by atoms with E-state index in [-0.39, 0.29) is 11.7 Å². The number of imidazole rings is 1. The van der Waals surface area contributed by atoms with E-state index in [0.717, 1.165) is 35.9 Å². The highest BCUT2D eigenvalue weighted by Gasteiger charge is 2.27. The lowest BCUT2D eigenvalue weighted by Crippen LogP contribution is -2.26. The van der Waals surface area contributed by atoms with E-state index in [4.69, 9.17) is 0 Å². The zero-order chi connectivity index (χ0) is 14.4. The average molecular weight is 279 g/mol. The number of fused-ring (bicyclic) bond motifs is 2. The van der Waals surface area contributed by atoms with Gasteiger partial charge in [0.1, 0.15) is 0 Å². The number of Topliss-reactive ketones (excluding diaryl/α,β-unsaturated/α-hetero) is 1. The van der Waals surface area contributed by atoms with Crippen molar-refractivity contribution in [1.82, 2.24) is 14.1 Å². The Bertz CT molecular complexity index is 828. The van der Waals surface area contributed by atoms with Crippen LogP contribution in [-0.2, 0) is 20.0 Å². The second-order valence-electron chi connectivity index (χ2n) is 5.81. The van der Waals surface area contributed by atoms with Gasteiger partial charge in [0.15, 0.2) is 5.78 Å². The first-order chi connectivity index (χ1) is 10.2. The average Bonchev–Trinajstić information content (AvgIpc) is 3.11. The van der Waals surface area contributed by atoms with E-state index in [1.807, 2.05) is 48.5 Å². The summed E-state index contributed by atoms with van der Waals surface area (Å²) in [6.07, 6.45) is 7.54. The maximum Gasteiger partial charge on any atom is 0.169 e. The molecule has 0 spiro atoms. The maximum absolute atomic E-state index is 12.9. The minimum Gasteiger partial charge on any atom is -0.350 e. The number of aromatic nitrogens is 3. The zero-order valence-corrected chi connectivity index (χ0v) is 12.0. The summed E-state index contributed by atoms with van der Waals surface area (Å²) in [4.78, 5) is 17.1. The van der Waals surface area contributed by atoms with Gasteiger partial charge in [0.05, 0.1) is 6.33 Å². The summed E-state index contributed by atoms with van der Waals surface area (Å²) in [5.41, 5.74) is 3.19. The molecule has 1 atom stereocenters. The van der Waals surface area contributed by atoms with Crippen LogP contribution in [-0.4, -0.2) is 19.9 Å². The normalized spacial score (nSPS) is 17.9. The molecule has 1 aliphatic heterocycles. The van der Waals surface area contributed by atoms with Crippen LogP contribution in [0.25, 0.3) is 10.9 Å². The van der Waals surface area contributed by atoms with Crippen molar-refractivity contribution in [2.45, 2.75) is 19.4 Å². The molecule has 4 rings (SSSR count). The van der Waals surface area contributed by atoms with Crippen LogP contribution in [0.3, 0.4) is 0 Å². The van der Waals surface area contributed by atoms with Gasteiger partial charge >= 0.3 is 0 Å². The number of carbonyl (C=O) groups is 1. The van der Waals surface area contributed by atoms with Gasteiger partial charge in [0, 0.05) is 54.1 Å². The molecule has 0 N–H and O–H groups in total. The number of rotatable bonds is 2. The van der Waals surface area contributed by atoms with E-state index in [1.165, 1.54) is 5.69 Å². The molecule has 21 heavy (non-hydrogen) atoms. The van der Waals surface area contributed by atoms with Gasteiger partial charge in [-0.3, -0.25) is 4.79 Å². The van der Waals surface area contributed by atoms with Gasteiger partial charge in [-0.1, -0.05) is 18.2 Å². The highest BCUT2D eigenvalue weighted by atomic mass is 16.1. The Kier molecular flexibility index (Phi) is 2.70. The molecule has 3 heterocycles. The number of nitrogens with zero attached hydrogens (tertiary/aromatic N) is 3. The zero-order valence-electron chi connectivity index (χ0n) is 12.0. The first-order valence-corrected chi connectivity index (χ1v) is 7.31. The fraction of sp³-hybridized carbons (Fsp3) is 0.294. The standard InChI is InChI=1S/C17H17N3O/c1-19-10-15(14-4-2-3-5-16(14)19)17(21)12-6-7-13-8-18-11-20(13)9-12/h2-5,8,10-12H,6-7,9H2,1H3. The van der Waals surface area contributed by atoms with Crippen LogP contribution in [0.15, 0.2) is 43.0 Å². The van der Waals surface area contributed by atoms with Crippen LogP contribution in [0.1, 0.15) is 22.5 Å². The molecule has 0 radical (unpaired) electrons. The molecule has 2 aromatic heterocycles. The van der Waals surface area contributed by atoms with Crippen molar-refractivity contribution in [2.24, 2.45) is 13.0 Å². The molecular weight excluding hydrogens is 262 g/mol. The van der Waals surface area contributed by atoms with Gasteiger partial charge in [-0.15, -0.1) is 0 Å². The smallest absolute Gasteiger partial charge is 0.169 e. The number of hydrogen-bond donors (Lipinski definition) is 0. The van der Waals surface area contributed by atoms with Crippen molar-refractivity contribution >= 4 is 16.7 Å². The lowest BCUT2D eigenvalue weighted by atomic mass is 9.90. The molecule has 0 amide bonds. The Labute approximate surface area is 123 Å². The summed E-state index contributed by atoms with van der Waals surface area (Å²) in [5.74, 6) is 0.309. The molecule has 0 aliphatic carbocycles. The van der Waals surface area contributed by atoms with Gasteiger partial charge < -0.3 is 9.13 Å². The van der Waals surface area contributed by atoms with Crippen molar-refractivity contribution in [3.05, 3.63) is 54.2 Å². The van der Waals surface area contributed by atoms with E-state index >= 15 is 0 Å². The largest absolute Gasteiger partial charge is 0.350 e. The molecule has 0 bridgehead atoms. The predicted molar refractivity (Wildman–Crippen MR) is 81.3 cm³/mol. The fourth-order valence-corrected chi connectivity index (χ4v) is 3.34. The highest BCUT2D eigenvalue weighted by molar-refractivity contribution is 6.09. The molecule has 1 unspecified atom stereocenters. The van der Waals surface area contributed by atoms with Crippen molar-refractivity contribution < 1.29 is 4.79 Å². The van der Waals surface area contributed by atoms with Crippen LogP contribution in [0.4, 0.5) is 0 Å². The number of aryl methyl sites for hydroxylation is 2. The SMILES string of the molecule is Cn1cc(C(=O)C2CCc3cncn3C2)c2ccccc21. The molecule has 0 fully saturated rings. The monoisotopic (exact) mass is 279 g/mol. The van der Waals surface area contributed by atoms with Crippen LogP contribution < -0.4 is 0 Å². The lowest BCUT2D eigenvalue weighted by Gasteiger charge is -2.22. The fourth-order valence-electron chi connectivity index (χ4n) is 3.34. The van der Waals surface area contributed by atoms with Crippen molar-refractivity contribution in [1.29, 1.82) is 0 Å². The molecule has 0 saturated heterocycles. The van der Waals surface area contributed by atoms with E-state index in [9.17, 15) is 4.79 Å². The van der Waals surface area contributed by atoms with Crippen LogP contribution in [0, 0.1) is 5.92 Å². The molecular formula is C17H17N3O. The highest BCUT2D eigenvalue weighted by Crippen LogP contribution is 2.27. The first-order valence-electron chi connectivity index (χ1n) is 7.31. The second kappa shape index (κ2) is 4.58. The van der Waals surface area contributed by atoms with E-state index < -0.39 is 0 Å². The predicted octanol–water partition coefficient (Wildman–Crippen LogP) is 2.82. The minimum atomic E-state index is 0.0532. The van der Waals surface area contributed by atoms with Gasteiger partial charge in [-0.2, -0.15) is 0 Å². The van der Waals surface area contributed by atoms with Gasteiger partial charge in [-0.25, -0.2) is 4.98 Å². The summed E-state index contributed by atoms with van der Waals surface area (Å²) in [6, 6.07) is 8.10. The number of carbonyl (C=O) groups excluding carboxylic acids is 1. The van der Waals surface area contributed by atoms with Gasteiger partial charge in [-0.05, 0) is 18.9 Å². The summed E-state index contributed by atoms with van der Waals surface area (Å²) in [6.45, 7) is 0.747. The van der Waals surface area contributed by atoms with Crippen molar-refractivity contribution in [3.63, 3.8) is 0 Å². The third-order valence-corrected chi connectivity index (χ3v) is 4.50. The Morgan fingerprint density at radius 1 is 1.33 bits per heavy atom. The Morgan fingerprint density at radius 3 is 3.10 bits per heavy atom. The summed E-state index contributed by atoms with van der Waals surface area (Å²) < 4.78 is 4.14. The molecule has 0 saturated carbocycles. The topological polar surface area (TPSA) is 39.8 Å². The third kappa shape index (κ3) is 1.90.